The summed E-state index contributed by atoms with van der Waals surface area (Å²) in [6, 6.07) is 5.50. The maximum Gasteiger partial charge on any atom is 0.416 e. The number of hydrogen-bond donors (Lipinski definition) is 1. The minimum absolute atomic E-state index is 0.243. The summed E-state index contributed by atoms with van der Waals surface area (Å²) in [4.78, 5) is 24.3. The van der Waals surface area contributed by atoms with E-state index >= 15 is 0 Å². The summed E-state index contributed by atoms with van der Waals surface area (Å²) in [5.74, 6) is -1.56. The third kappa shape index (κ3) is 4.78. The van der Waals surface area contributed by atoms with E-state index in [1.807, 2.05) is 0 Å². The zero-order valence-electron chi connectivity index (χ0n) is 12.0. The number of rotatable bonds is 4. The lowest BCUT2D eigenvalue weighted by Gasteiger charge is -2.28. The van der Waals surface area contributed by atoms with Gasteiger partial charge in [-0.3, -0.25) is 9.59 Å². The molecule has 124 valence electrons. The average Bonchev–Trinajstić information content (AvgIpc) is 2.45. The number of carbonyl (C=O) groups excluding carboxylic acids is 2. The second-order valence-corrected chi connectivity index (χ2v) is 8.62. The molecule has 0 aliphatic rings. The highest BCUT2D eigenvalue weighted by Crippen LogP contribution is 2.32. The van der Waals surface area contributed by atoms with Crippen molar-refractivity contribution in [3.63, 3.8) is 0 Å². The fourth-order valence-corrected chi connectivity index (χ4v) is 2.68. The summed E-state index contributed by atoms with van der Waals surface area (Å²) in [5.41, 5.74) is -2.71. The fourth-order valence-electron chi connectivity index (χ4n) is 1.69. The first-order chi connectivity index (χ1) is 10.3. The lowest BCUT2D eigenvalue weighted by Crippen LogP contribution is -2.54. The summed E-state index contributed by atoms with van der Waals surface area (Å²) in [5, 5.41) is 11.2. The van der Waals surface area contributed by atoms with Gasteiger partial charge in [-0.25, -0.2) is 0 Å². The Hall–Kier alpha value is -1.40. The van der Waals surface area contributed by atoms with Gasteiger partial charge in [0, 0.05) is 5.56 Å². The molecule has 1 N–H and O–H groups in total. The molecule has 0 bridgehead atoms. The number of nitriles is 1. The molecule has 1 aromatic rings. The number of Topliss-reactive ketones (excluding diaryl/α,β-unsaturated/α-hetero) is 1. The van der Waals surface area contributed by atoms with E-state index < -0.39 is 32.2 Å². The third-order valence-corrected chi connectivity index (χ3v) is 3.95. The summed E-state index contributed by atoms with van der Waals surface area (Å²) in [6.45, 7) is 2.69. The number of nitrogens with zero attached hydrogens (tertiary/aromatic N) is 1. The number of hydrogen-bond acceptors (Lipinski definition) is 3. The van der Waals surface area contributed by atoms with Crippen LogP contribution in [0, 0.1) is 11.3 Å². The van der Waals surface area contributed by atoms with E-state index in [0.29, 0.717) is 6.07 Å². The maximum absolute atomic E-state index is 12.7. The van der Waals surface area contributed by atoms with Crippen molar-refractivity contribution in [1.29, 1.82) is 5.26 Å². The highest BCUT2D eigenvalue weighted by Gasteiger charge is 2.43. The molecular weight excluding hydrogens is 445 g/mol. The second-order valence-electron chi connectivity index (χ2n) is 5.17. The van der Waals surface area contributed by atoms with Gasteiger partial charge < -0.3 is 5.32 Å². The molecule has 9 heteroatoms. The predicted octanol–water partition coefficient (Wildman–Crippen LogP) is 3.79. The first-order valence-corrected chi connectivity index (χ1v) is 7.73. The molecule has 0 heterocycles. The largest absolute Gasteiger partial charge is 0.416 e. The van der Waals surface area contributed by atoms with Crippen LogP contribution < -0.4 is 5.32 Å². The van der Waals surface area contributed by atoms with Crippen molar-refractivity contribution in [3.8, 4) is 6.07 Å². The molecule has 0 fully saturated rings. The quantitative estimate of drug-likeness (QED) is 0.702. The number of benzene rings is 1. The summed E-state index contributed by atoms with van der Waals surface area (Å²) in [6.07, 6.45) is -4.58. The van der Waals surface area contributed by atoms with Crippen LogP contribution in [-0.4, -0.2) is 20.5 Å². The smallest absolute Gasteiger partial charge is 0.340 e. The summed E-state index contributed by atoms with van der Waals surface area (Å²) in [7, 11) is 0. The number of nitrogens with one attached hydrogen (secondary N) is 1. The van der Waals surface area contributed by atoms with E-state index in [-0.39, 0.29) is 5.56 Å². The SMILES string of the molecule is CC(C)(NC(=O)c1cccc(C(F)(F)F)c1)C(=O)C(Br)(Br)C#N. The van der Waals surface area contributed by atoms with Gasteiger partial charge in [0.25, 0.3) is 5.91 Å². The minimum atomic E-state index is -4.58. The van der Waals surface area contributed by atoms with Gasteiger partial charge in [0.05, 0.1) is 11.1 Å². The van der Waals surface area contributed by atoms with Gasteiger partial charge in [0.1, 0.15) is 6.07 Å². The Labute approximate surface area is 147 Å². The van der Waals surface area contributed by atoms with Gasteiger partial charge >= 0.3 is 6.18 Å². The molecule has 4 nitrogen and oxygen atoms in total. The van der Waals surface area contributed by atoms with Crippen LogP contribution in [0.3, 0.4) is 0 Å². The van der Waals surface area contributed by atoms with Crippen LogP contribution in [0.4, 0.5) is 13.2 Å². The van der Waals surface area contributed by atoms with Gasteiger partial charge in [-0.05, 0) is 63.9 Å². The Balaban J connectivity index is 3.05. The van der Waals surface area contributed by atoms with E-state index in [1.165, 1.54) is 19.9 Å². The van der Waals surface area contributed by atoms with Crippen molar-refractivity contribution in [1.82, 2.24) is 5.32 Å². The first kappa shape index (κ1) is 19.6. The zero-order chi connectivity index (χ0) is 18.1. The molecule has 1 amide bonds. The molecule has 1 rings (SSSR count). The van der Waals surface area contributed by atoms with Crippen LogP contribution >= 0.6 is 31.9 Å². The fraction of sp³-hybridized carbons (Fsp3) is 0.357. The molecule has 0 aromatic heterocycles. The summed E-state index contributed by atoms with van der Waals surface area (Å²) >= 11 is 5.74. The highest BCUT2D eigenvalue weighted by molar-refractivity contribution is 9.26. The first-order valence-electron chi connectivity index (χ1n) is 6.15. The van der Waals surface area contributed by atoms with Crippen molar-refractivity contribution in [3.05, 3.63) is 35.4 Å². The van der Waals surface area contributed by atoms with Gasteiger partial charge in [0.2, 0.25) is 3.23 Å². The topological polar surface area (TPSA) is 70.0 Å². The van der Waals surface area contributed by atoms with Crippen LogP contribution in [0.15, 0.2) is 24.3 Å². The van der Waals surface area contributed by atoms with Crippen molar-refractivity contribution < 1.29 is 22.8 Å². The van der Waals surface area contributed by atoms with E-state index in [4.69, 9.17) is 5.26 Å². The van der Waals surface area contributed by atoms with Gasteiger partial charge in [-0.2, -0.15) is 18.4 Å². The maximum atomic E-state index is 12.7. The lowest BCUT2D eigenvalue weighted by molar-refractivity contribution is -0.137. The number of amides is 1. The number of alkyl halides is 5. The summed E-state index contributed by atoms with van der Waals surface area (Å²) < 4.78 is 36.3. The molecule has 23 heavy (non-hydrogen) atoms. The van der Waals surface area contributed by atoms with Crippen LogP contribution in [0.25, 0.3) is 0 Å². The molecule has 1 aromatic carbocycles. The number of ketones is 1. The van der Waals surface area contributed by atoms with Crippen LogP contribution in [-0.2, 0) is 11.0 Å². The Kier molecular flexibility index (Phi) is 5.65. The van der Waals surface area contributed by atoms with Crippen LogP contribution in [0.2, 0.25) is 0 Å². The average molecular weight is 456 g/mol. The van der Waals surface area contributed by atoms with Crippen molar-refractivity contribution in [2.45, 2.75) is 28.8 Å². The lowest BCUT2D eigenvalue weighted by atomic mass is 9.96. The van der Waals surface area contributed by atoms with Crippen molar-refractivity contribution in [2.24, 2.45) is 0 Å². The number of carbonyl (C=O) groups is 2. The van der Waals surface area contributed by atoms with E-state index in [0.717, 1.165) is 12.1 Å². The molecule has 0 radical (unpaired) electrons. The normalized spacial score (nSPS) is 12.4. The third-order valence-electron chi connectivity index (χ3n) is 2.87. The molecular formula is C14H11Br2F3N2O2. The van der Waals surface area contributed by atoms with Crippen molar-refractivity contribution >= 4 is 43.6 Å². The second kappa shape index (κ2) is 6.61. The molecule has 0 atom stereocenters. The molecule has 0 spiro atoms. The predicted molar refractivity (Wildman–Crippen MR) is 84.2 cm³/mol. The Morgan fingerprint density at radius 3 is 2.26 bits per heavy atom. The Morgan fingerprint density at radius 1 is 1.22 bits per heavy atom. The van der Waals surface area contributed by atoms with E-state index in [9.17, 15) is 22.8 Å². The van der Waals surface area contributed by atoms with Gasteiger partial charge in [-0.15, -0.1) is 0 Å². The van der Waals surface area contributed by atoms with Crippen molar-refractivity contribution in [2.75, 3.05) is 0 Å². The molecule has 0 aliphatic carbocycles. The Morgan fingerprint density at radius 2 is 1.78 bits per heavy atom. The monoisotopic (exact) mass is 454 g/mol. The van der Waals surface area contributed by atoms with Crippen LogP contribution in [0.5, 0.6) is 0 Å². The highest BCUT2D eigenvalue weighted by atomic mass is 79.9. The van der Waals surface area contributed by atoms with Crippen LogP contribution in [0.1, 0.15) is 29.8 Å². The molecule has 0 saturated carbocycles. The molecule has 0 saturated heterocycles. The zero-order valence-corrected chi connectivity index (χ0v) is 15.1. The molecule has 0 aliphatic heterocycles. The molecule has 0 unspecified atom stereocenters. The number of halogens is 5. The van der Waals surface area contributed by atoms with Gasteiger partial charge in [0.15, 0.2) is 5.78 Å². The van der Waals surface area contributed by atoms with E-state index in [1.54, 1.807) is 6.07 Å². The van der Waals surface area contributed by atoms with E-state index in [2.05, 4.69) is 37.2 Å². The minimum Gasteiger partial charge on any atom is -0.340 e. The Bertz CT molecular complexity index is 679. The standard InChI is InChI=1S/C14H11Br2F3N2O2/c1-12(2,11(23)13(15,16)7-20)21-10(22)8-4-3-5-9(6-8)14(17,18)19/h3-6H,1-2H3,(H,21,22). The van der Waals surface area contributed by atoms with Gasteiger partial charge in [-0.1, -0.05) is 6.07 Å².